The molecular formula is C16H20N2O. The first-order valence-corrected chi connectivity index (χ1v) is 7.01. The standard InChI is InChI=1S/C16H20N2O/c19-12-16(7-3-4-8-16)18-11-14-10-17-9-13-5-1-2-6-15(13)14/h1-2,5-6,9-10,18-19H,3-4,7-8,11-12H2. The molecule has 1 aromatic carbocycles. The Morgan fingerprint density at radius 3 is 2.74 bits per heavy atom. The Hall–Kier alpha value is -1.45. The second-order valence-electron chi connectivity index (χ2n) is 5.52. The molecule has 0 aliphatic heterocycles. The quantitative estimate of drug-likeness (QED) is 0.884. The van der Waals surface area contributed by atoms with Crippen LogP contribution in [0.2, 0.25) is 0 Å². The van der Waals surface area contributed by atoms with E-state index in [1.165, 1.54) is 29.2 Å². The molecular weight excluding hydrogens is 236 g/mol. The fourth-order valence-electron chi connectivity index (χ4n) is 3.05. The minimum atomic E-state index is -0.0725. The molecule has 0 atom stereocenters. The molecule has 19 heavy (non-hydrogen) atoms. The zero-order valence-corrected chi connectivity index (χ0v) is 11.1. The van der Waals surface area contributed by atoms with Gasteiger partial charge in [-0.25, -0.2) is 0 Å². The maximum atomic E-state index is 9.63. The third-order valence-electron chi connectivity index (χ3n) is 4.27. The van der Waals surface area contributed by atoms with Crippen LogP contribution in [0.1, 0.15) is 31.2 Å². The van der Waals surface area contributed by atoms with E-state index in [0.29, 0.717) is 0 Å². The molecule has 0 bridgehead atoms. The molecule has 3 nitrogen and oxygen atoms in total. The lowest BCUT2D eigenvalue weighted by atomic mass is 9.98. The van der Waals surface area contributed by atoms with Gasteiger partial charge in [0, 0.05) is 29.9 Å². The number of hydrogen-bond acceptors (Lipinski definition) is 3. The van der Waals surface area contributed by atoms with Crippen LogP contribution >= 0.6 is 0 Å². The zero-order valence-electron chi connectivity index (χ0n) is 11.1. The average Bonchev–Trinajstić information content (AvgIpc) is 2.94. The summed E-state index contributed by atoms with van der Waals surface area (Å²) in [4.78, 5) is 4.30. The fraction of sp³-hybridized carbons (Fsp3) is 0.438. The van der Waals surface area contributed by atoms with E-state index >= 15 is 0 Å². The topological polar surface area (TPSA) is 45.1 Å². The van der Waals surface area contributed by atoms with Crippen molar-refractivity contribution in [2.45, 2.75) is 37.8 Å². The molecule has 100 valence electrons. The molecule has 2 N–H and O–H groups in total. The minimum Gasteiger partial charge on any atom is -0.394 e. The molecule has 1 saturated carbocycles. The van der Waals surface area contributed by atoms with Crippen LogP contribution < -0.4 is 5.32 Å². The lowest BCUT2D eigenvalue weighted by Gasteiger charge is -2.28. The Morgan fingerprint density at radius 2 is 1.95 bits per heavy atom. The third-order valence-corrected chi connectivity index (χ3v) is 4.27. The molecule has 1 aromatic heterocycles. The number of aliphatic hydroxyl groups is 1. The van der Waals surface area contributed by atoms with Gasteiger partial charge in [0.2, 0.25) is 0 Å². The molecule has 0 amide bonds. The molecule has 3 heteroatoms. The average molecular weight is 256 g/mol. The highest BCUT2D eigenvalue weighted by molar-refractivity contribution is 5.84. The third kappa shape index (κ3) is 2.48. The van der Waals surface area contributed by atoms with Crippen molar-refractivity contribution in [2.24, 2.45) is 0 Å². The summed E-state index contributed by atoms with van der Waals surface area (Å²) in [5.74, 6) is 0. The van der Waals surface area contributed by atoms with Gasteiger partial charge in [0.05, 0.1) is 6.61 Å². The first-order chi connectivity index (χ1) is 9.33. The van der Waals surface area contributed by atoms with Crippen LogP contribution in [0.5, 0.6) is 0 Å². The van der Waals surface area contributed by atoms with Crippen LogP contribution in [0.3, 0.4) is 0 Å². The van der Waals surface area contributed by atoms with Gasteiger partial charge in [0.25, 0.3) is 0 Å². The van der Waals surface area contributed by atoms with Gasteiger partial charge in [-0.2, -0.15) is 0 Å². The van der Waals surface area contributed by atoms with Crippen molar-refractivity contribution in [3.63, 3.8) is 0 Å². The second kappa shape index (κ2) is 5.27. The van der Waals surface area contributed by atoms with Crippen molar-refractivity contribution < 1.29 is 5.11 Å². The SMILES string of the molecule is OCC1(NCc2cncc3ccccc23)CCCC1. The van der Waals surface area contributed by atoms with Crippen molar-refractivity contribution in [1.29, 1.82) is 0 Å². The summed E-state index contributed by atoms with van der Waals surface area (Å²) in [7, 11) is 0. The maximum Gasteiger partial charge on any atom is 0.0613 e. The molecule has 2 aromatic rings. The number of nitrogens with zero attached hydrogens (tertiary/aromatic N) is 1. The minimum absolute atomic E-state index is 0.0725. The summed E-state index contributed by atoms with van der Waals surface area (Å²) >= 11 is 0. The van der Waals surface area contributed by atoms with Crippen LogP contribution in [0.4, 0.5) is 0 Å². The summed E-state index contributed by atoms with van der Waals surface area (Å²) in [5.41, 5.74) is 1.13. The van der Waals surface area contributed by atoms with Crippen LogP contribution in [-0.4, -0.2) is 22.2 Å². The van der Waals surface area contributed by atoms with Gasteiger partial charge in [0.1, 0.15) is 0 Å². The van der Waals surface area contributed by atoms with Crippen LogP contribution in [0.25, 0.3) is 10.8 Å². The van der Waals surface area contributed by atoms with Gasteiger partial charge in [-0.3, -0.25) is 4.98 Å². The van der Waals surface area contributed by atoms with E-state index in [0.717, 1.165) is 19.4 Å². The largest absolute Gasteiger partial charge is 0.394 e. The molecule has 0 radical (unpaired) electrons. The molecule has 1 fully saturated rings. The van der Waals surface area contributed by atoms with Crippen LogP contribution in [0, 0.1) is 0 Å². The van der Waals surface area contributed by atoms with E-state index in [1.807, 2.05) is 18.5 Å². The number of benzene rings is 1. The first-order valence-electron chi connectivity index (χ1n) is 7.01. The highest BCUT2D eigenvalue weighted by Crippen LogP contribution is 2.29. The van der Waals surface area contributed by atoms with E-state index in [-0.39, 0.29) is 12.1 Å². The Morgan fingerprint density at radius 1 is 1.16 bits per heavy atom. The van der Waals surface area contributed by atoms with Gasteiger partial charge in [-0.1, -0.05) is 37.1 Å². The molecule has 1 heterocycles. The Bertz CT molecular complexity index is 556. The van der Waals surface area contributed by atoms with E-state index < -0.39 is 0 Å². The molecule has 0 unspecified atom stereocenters. The molecule has 0 saturated heterocycles. The predicted molar refractivity (Wildman–Crippen MR) is 76.9 cm³/mol. The van der Waals surface area contributed by atoms with Crippen molar-refractivity contribution >= 4 is 10.8 Å². The highest BCUT2D eigenvalue weighted by atomic mass is 16.3. The Kier molecular flexibility index (Phi) is 3.49. The van der Waals surface area contributed by atoms with Crippen LogP contribution in [-0.2, 0) is 6.54 Å². The van der Waals surface area contributed by atoms with Gasteiger partial charge < -0.3 is 10.4 Å². The number of hydrogen-bond donors (Lipinski definition) is 2. The van der Waals surface area contributed by atoms with E-state index in [2.05, 4.69) is 28.5 Å². The highest BCUT2D eigenvalue weighted by Gasteiger charge is 2.32. The van der Waals surface area contributed by atoms with E-state index in [1.54, 1.807) is 0 Å². The summed E-state index contributed by atoms with van der Waals surface area (Å²) in [6.45, 7) is 1.00. The number of aromatic nitrogens is 1. The number of nitrogens with one attached hydrogen (secondary N) is 1. The number of rotatable bonds is 4. The summed E-state index contributed by atoms with van der Waals surface area (Å²) in [5, 5.41) is 15.6. The molecule has 1 aliphatic rings. The van der Waals surface area contributed by atoms with Crippen molar-refractivity contribution in [1.82, 2.24) is 10.3 Å². The van der Waals surface area contributed by atoms with Gasteiger partial charge in [0.15, 0.2) is 0 Å². The molecule has 1 aliphatic carbocycles. The second-order valence-corrected chi connectivity index (χ2v) is 5.52. The predicted octanol–water partition coefficient (Wildman–Crippen LogP) is 2.63. The maximum absolute atomic E-state index is 9.63. The first kappa shape index (κ1) is 12.6. The Labute approximate surface area is 113 Å². The monoisotopic (exact) mass is 256 g/mol. The van der Waals surface area contributed by atoms with E-state index in [4.69, 9.17) is 0 Å². The molecule has 3 rings (SSSR count). The van der Waals surface area contributed by atoms with Crippen LogP contribution in [0.15, 0.2) is 36.7 Å². The molecule has 0 spiro atoms. The summed E-state index contributed by atoms with van der Waals surface area (Å²) in [6.07, 6.45) is 8.39. The number of fused-ring (bicyclic) bond motifs is 1. The lowest BCUT2D eigenvalue weighted by Crippen LogP contribution is -2.45. The van der Waals surface area contributed by atoms with Gasteiger partial charge in [-0.05, 0) is 23.8 Å². The normalized spacial score (nSPS) is 17.9. The van der Waals surface area contributed by atoms with Crippen molar-refractivity contribution in [3.05, 3.63) is 42.2 Å². The number of aliphatic hydroxyl groups excluding tert-OH is 1. The van der Waals surface area contributed by atoms with Gasteiger partial charge in [-0.15, -0.1) is 0 Å². The summed E-state index contributed by atoms with van der Waals surface area (Å²) in [6, 6.07) is 8.31. The van der Waals surface area contributed by atoms with Crippen molar-refractivity contribution in [2.75, 3.05) is 6.61 Å². The zero-order chi connectivity index (χ0) is 13.1. The summed E-state index contributed by atoms with van der Waals surface area (Å²) < 4.78 is 0. The van der Waals surface area contributed by atoms with E-state index in [9.17, 15) is 5.11 Å². The van der Waals surface area contributed by atoms with Gasteiger partial charge >= 0.3 is 0 Å². The fourth-order valence-corrected chi connectivity index (χ4v) is 3.05. The Balaban J connectivity index is 1.82. The smallest absolute Gasteiger partial charge is 0.0613 e. The van der Waals surface area contributed by atoms with Crippen molar-refractivity contribution in [3.8, 4) is 0 Å². The number of pyridine rings is 1. The lowest BCUT2D eigenvalue weighted by molar-refractivity contribution is 0.163.